The van der Waals surface area contributed by atoms with Crippen LogP contribution in [-0.4, -0.2) is 7.05 Å². The van der Waals surface area contributed by atoms with E-state index >= 15 is 0 Å². The minimum Gasteiger partial charge on any atom is -0.465 e. The third-order valence-corrected chi connectivity index (χ3v) is 2.35. The molecule has 0 saturated carbocycles. The molecule has 1 unspecified atom stereocenters. The smallest absolute Gasteiger partial charge is 0.121 e. The molecule has 2 nitrogen and oxygen atoms in total. The Morgan fingerprint density at radius 2 is 2.36 bits per heavy atom. The molecule has 0 aliphatic heterocycles. The van der Waals surface area contributed by atoms with Crippen molar-refractivity contribution in [1.29, 1.82) is 0 Å². The van der Waals surface area contributed by atoms with Crippen LogP contribution in [0.3, 0.4) is 0 Å². The predicted molar refractivity (Wildman–Crippen MR) is 59.3 cm³/mol. The molecule has 0 fully saturated rings. The van der Waals surface area contributed by atoms with Crippen molar-refractivity contribution in [2.75, 3.05) is 7.05 Å². The summed E-state index contributed by atoms with van der Waals surface area (Å²) < 4.78 is 5.58. The molecule has 0 spiro atoms. The van der Waals surface area contributed by atoms with Gasteiger partial charge in [0.05, 0.1) is 6.04 Å². The average molecular weight is 193 g/mol. The molecule has 0 radical (unpaired) electrons. The summed E-state index contributed by atoms with van der Waals surface area (Å²) in [6.07, 6.45) is 5.27. The molecule has 78 valence electrons. The fourth-order valence-electron chi connectivity index (χ4n) is 1.54. The number of aryl methyl sites for hydroxylation is 1. The van der Waals surface area contributed by atoms with Gasteiger partial charge in [0.25, 0.3) is 0 Å². The van der Waals surface area contributed by atoms with Gasteiger partial charge in [-0.25, -0.2) is 0 Å². The first kappa shape index (κ1) is 11.1. The maximum atomic E-state index is 5.58. The highest BCUT2D eigenvalue weighted by Crippen LogP contribution is 2.21. The molecular weight excluding hydrogens is 174 g/mol. The molecule has 0 bridgehead atoms. The summed E-state index contributed by atoms with van der Waals surface area (Å²) in [5.41, 5.74) is 0. The molecule has 0 aliphatic carbocycles. The highest BCUT2D eigenvalue weighted by atomic mass is 16.3. The van der Waals surface area contributed by atoms with Gasteiger partial charge in [-0.3, -0.25) is 0 Å². The summed E-state index contributed by atoms with van der Waals surface area (Å²) >= 11 is 0. The third kappa shape index (κ3) is 3.04. The Morgan fingerprint density at radius 1 is 1.57 bits per heavy atom. The number of rotatable bonds is 6. The van der Waals surface area contributed by atoms with Crippen molar-refractivity contribution in [3.05, 3.63) is 36.3 Å². The zero-order chi connectivity index (χ0) is 10.4. The normalized spacial score (nSPS) is 12.7. The zero-order valence-corrected chi connectivity index (χ0v) is 9.05. The fraction of sp³-hybridized carbons (Fsp3) is 0.500. The minimum atomic E-state index is 0.337. The second-order valence-electron chi connectivity index (χ2n) is 3.51. The van der Waals surface area contributed by atoms with Gasteiger partial charge in [0.1, 0.15) is 11.5 Å². The molecule has 1 aromatic heterocycles. The van der Waals surface area contributed by atoms with Crippen LogP contribution in [0.15, 0.2) is 29.2 Å². The van der Waals surface area contributed by atoms with Gasteiger partial charge in [-0.15, -0.1) is 6.58 Å². The van der Waals surface area contributed by atoms with E-state index in [1.165, 1.54) is 0 Å². The number of nitrogens with one attached hydrogen (secondary N) is 1. The molecular formula is C12H19NO. The lowest BCUT2D eigenvalue weighted by atomic mass is 10.1. The maximum Gasteiger partial charge on any atom is 0.121 e. The number of unbranched alkanes of at least 4 members (excludes halogenated alkanes) is 1. The Kier molecular flexibility index (Phi) is 4.47. The van der Waals surface area contributed by atoms with E-state index < -0.39 is 0 Å². The van der Waals surface area contributed by atoms with E-state index in [1.54, 1.807) is 0 Å². The molecule has 1 atom stereocenters. The molecule has 1 N–H and O–H groups in total. The van der Waals surface area contributed by atoms with Crippen LogP contribution in [-0.2, 0) is 0 Å². The van der Waals surface area contributed by atoms with E-state index in [4.69, 9.17) is 4.42 Å². The van der Waals surface area contributed by atoms with Crippen LogP contribution in [0.25, 0.3) is 0 Å². The molecule has 1 rings (SSSR count). The van der Waals surface area contributed by atoms with Gasteiger partial charge in [-0.2, -0.15) is 0 Å². The summed E-state index contributed by atoms with van der Waals surface area (Å²) in [6.45, 7) is 5.69. The molecule has 0 aromatic carbocycles. The maximum absolute atomic E-state index is 5.58. The highest BCUT2D eigenvalue weighted by Gasteiger charge is 2.11. The van der Waals surface area contributed by atoms with E-state index in [9.17, 15) is 0 Å². The van der Waals surface area contributed by atoms with Crippen molar-refractivity contribution in [2.24, 2.45) is 0 Å². The average Bonchev–Trinajstić information content (AvgIpc) is 2.60. The van der Waals surface area contributed by atoms with Gasteiger partial charge >= 0.3 is 0 Å². The summed E-state index contributed by atoms with van der Waals surface area (Å²) in [5, 5.41) is 3.26. The Balaban J connectivity index is 2.49. The predicted octanol–water partition coefficient (Wildman–Crippen LogP) is 3.20. The number of hydrogen-bond donors (Lipinski definition) is 1. The SMILES string of the molecule is C=CCCCC(NC)c1ccc(C)o1. The second kappa shape index (κ2) is 5.66. The summed E-state index contributed by atoms with van der Waals surface area (Å²) in [5.74, 6) is 2.01. The Labute approximate surface area is 86.0 Å². The molecule has 14 heavy (non-hydrogen) atoms. The van der Waals surface area contributed by atoms with Gasteiger partial charge < -0.3 is 9.73 Å². The van der Waals surface area contributed by atoms with E-state index in [-0.39, 0.29) is 0 Å². The van der Waals surface area contributed by atoms with Crippen LogP contribution >= 0.6 is 0 Å². The van der Waals surface area contributed by atoms with Crippen LogP contribution in [0.1, 0.15) is 36.8 Å². The monoisotopic (exact) mass is 193 g/mol. The molecule has 1 aromatic rings. The second-order valence-corrected chi connectivity index (χ2v) is 3.51. The van der Waals surface area contributed by atoms with Gasteiger partial charge in [0, 0.05) is 0 Å². The fourth-order valence-corrected chi connectivity index (χ4v) is 1.54. The largest absolute Gasteiger partial charge is 0.465 e. The molecule has 0 saturated heterocycles. The Hall–Kier alpha value is -1.02. The molecule has 1 heterocycles. The molecule has 2 heteroatoms. The minimum absolute atomic E-state index is 0.337. The van der Waals surface area contributed by atoms with E-state index in [1.807, 2.05) is 32.2 Å². The van der Waals surface area contributed by atoms with Gasteiger partial charge in [0.15, 0.2) is 0 Å². The van der Waals surface area contributed by atoms with E-state index in [0.717, 1.165) is 30.8 Å². The highest BCUT2D eigenvalue weighted by molar-refractivity contribution is 5.09. The summed E-state index contributed by atoms with van der Waals surface area (Å²) in [7, 11) is 1.97. The Bertz CT molecular complexity index is 278. The first-order chi connectivity index (χ1) is 6.77. The van der Waals surface area contributed by atoms with Crippen LogP contribution in [0.5, 0.6) is 0 Å². The van der Waals surface area contributed by atoms with Gasteiger partial charge in [-0.05, 0) is 45.4 Å². The lowest BCUT2D eigenvalue weighted by Gasteiger charge is -2.12. The van der Waals surface area contributed by atoms with Crippen molar-refractivity contribution >= 4 is 0 Å². The number of hydrogen-bond acceptors (Lipinski definition) is 2. The van der Waals surface area contributed by atoms with Crippen LogP contribution in [0.4, 0.5) is 0 Å². The van der Waals surface area contributed by atoms with Crippen LogP contribution < -0.4 is 5.32 Å². The van der Waals surface area contributed by atoms with Gasteiger partial charge in [-0.1, -0.05) is 6.08 Å². The lowest BCUT2D eigenvalue weighted by Crippen LogP contribution is -2.15. The van der Waals surface area contributed by atoms with Crippen molar-refractivity contribution in [1.82, 2.24) is 5.32 Å². The lowest BCUT2D eigenvalue weighted by molar-refractivity contribution is 0.397. The molecule has 0 amide bonds. The number of furan rings is 1. The summed E-state index contributed by atoms with van der Waals surface area (Å²) in [4.78, 5) is 0. The van der Waals surface area contributed by atoms with E-state index in [2.05, 4.69) is 11.9 Å². The van der Waals surface area contributed by atoms with Crippen LogP contribution in [0, 0.1) is 6.92 Å². The van der Waals surface area contributed by atoms with Crippen molar-refractivity contribution in [2.45, 2.75) is 32.2 Å². The Morgan fingerprint density at radius 3 is 2.86 bits per heavy atom. The van der Waals surface area contributed by atoms with Crippen molar-refractivity contribution in [3.63, 3.8) is 0 Å². The third-order valence-electron chi connectivity index (χ3n) is 2.35. The zero-order valence-electron chi connectivity index (χ0n) is 9.05. The van der Waals surface area contributed by atoms with Gasteiger partial charge in [0.2, 0.25) is 0 Å². The number of allylic oxidation sites excluding steroid dienone is 1. The van der Waals surface area contributed by atoms with E-state index in [0.29, 0.717) is 6.04 Å². The topological polar surface area (TPSA) is 25.2 Å². The van der Waals surface area contributed by atoms with Crippen LogP contribution in [0.2, 0.25) is 0 Å². The quantitative estimate of drug-likeness (QED) is 0.554. The van der Waals surface area contributed by atoms with Crippen molar-refractivity contribution in [3.8, 4) is 0 Å². The molecule has 0 aliphatic rings. The standard InChI is InChI=1S/C12H19NO/c1-4-5-6-7-11(13-3)12-9-8-10(2)14-12/h4,8-9,11,13H,1,5-7H2,2-3H3. The first-order valence-electron chi connectivity index (χ1n) is 5.12. The van der Waals surface area contributed by atoms with Crippen molar-refractivity contribution < 1.29 is 4.42 Å². The summed E-state index contributed by atoms with van der Waals surface area (Å²) in [6, 6.07) is 4.39. The first-order valence-corrected chi connectivity index (χ1v) is 5.12.